The average molecular weight is 312 g/mol. The Kier molecular flexibility index (Phi) is 4.15. The van der Waals surface area contributed by atoms with Crippen LogP contribution in [0.15, 0.2) is 53.7 Å². The average Bonchev–Trinajstić information content (AvgIpc) is 2.95. The van der Waals surface area contributed by atoms with E-state index >= 15 is 0 Å². The molecule has 0 amide bonds. The second-order valence-electron chi connectivity index (χ2n) is 4.92. The highest BCUT2D eigenvalue weighted by Crippen LogP contribution is 2.27. The number of fused-ring (bicyclic) bond motifs is 1. The number of hydrogen-bond acceptors (Lipinski definition) is 4. The van der Waals surface area contributed by atoms with E-state index < -0.39 is 0 Å². The molecular formula is C17H16N2O2S. The summed E-state index contributed by atoms with van der Waals surface area (Å²) in [6.45, 7) is 1.90. The molecule has 3 rings (SSSR count). The van der Waals surface area contributed by atoms with Crippen molar-refractivity contribution < 1.29 is 9.53 Å². The van der Waals surface area contributed by atoms with E-state index in [9.17, 15) is 4.79 Å². The lowest BCUT2D eigenvalue weighted by Crippen LogP contribution is -2.13. The predicted molar refractivity (Wildman–Crippen MR) is 88.7 cm³/mol. The predicted octanol–water partition coefficient (Wildman–Crippen LogP) is 3.94. The summed E-state index contributed by atoms with van der Waals surface area (Å²) >= 11 is 1.43. The van der Waals surface area contributed by atoms with Gasteiger partial charge in [-0.1, -0.05) is 42.1 Å². The number of Topliss-reactive ketones (excluding diaryl/α,β-unsaturated/α-hetero) is 1. The fraction of sp³-hybridized carbons (Fsp3) is 0.176. The minimum Gasteiger partial charge on any atom is -0.497 e. The first-order valence-electron chi connectivity index (χ1n) is 6.97. The molecule has 0 saturated heterocycles. The fourth-order valence-electron chi connectivity index (χ4n) is 2.21. The van der Waals surface area contributed by atoms with E-state index in [1.807, 2.05) is 55.5 Å². The van der Waals surface area contributed by atoms with Crippen LogP contribution in [0.3, 0.4) is 0 Å². The number of carbonyl (C=O) groups is 1. The molecule has 0 unspecified atom stereocenters. The van der Waals surface area contributed by atoms with Gasteiger partial charge in [-0.05, 0) is 19.1 Å². The maximum atomic E-state index is 12.4. The lowest BCUT2D eigenvalue weighted by molar-refractivity contribution is 0.0994. The third-order valence-corrected chi connectivity index (χ3v) is 4.37. The number of nitrogens with zero attached hydrogens (tertiary/aromatic N) is 1. The summed E-state index contributed by atoms with van der Waals surface area (Å²) in [5.74, 6) is 0.879. The Balaban J connectivity index is 1.79. The molecule has 0 bridgehead atoms. The van der Waals surface area contributed by atoms with E-state index in [1.165, 1.54) is 11.8 Å². The molecule has 112 valence electrons. The van der Waals surface area contributed by atoms with Crippen molar-refractivity contribution in [3.63, 3.8) is 0 Å². The van der Waals surface area contributed by atoms with Crippen molar-refractivity contribution in [2.24, 2.45) is 0 Å². The van der Waals surface area contributed by atoms with Crippen LogP contribution in [0.25, 0.3) is 11.0 Å². The summed E-state index contributed by atoms with van der Waals surface area (Å²) in [6.07, 6.45) is 0. The van der Waals surface area contributed by atoms with E-state index in [4.69, 9.17) is 4.74 Å². The molecule has 0 spiro atoms. The van der Waals surface area contributed by atoms with Crippen molar-refractivity contribution in [1.82, 2.24) is 9.97 Å². The fourth-order valence-corrected chi connectivity index (χ4v) is 3.10. The number of ether oxygens (including phenoxy) is 1. The van der Waals surface area contributed by atoms with Crippen LogP contribution in [0.2, 0.25) is 0 Å². The Bertz CT molecular complexity index is 799. The van der Waals surface area contributed by atoms with Crippen LogP contribution >= 0.6 is 11.8 Å². The van der Waals surface area contributed by atoms with E-state index in [0.29, 0.717) is 0 Å². The van der Waals surface area contributed by atoms with Gasteiger partial charge in [0.2, 0.25) is 0 Å². The SMILES string of the molecule is COc1ccc2nc(S[C@@H](C)C(=O)c3ccccc3)[nH]c2c1. The van der Waals surface area contributed by atoms with E-state index in [-0.39, 0.29) is 11.0 Å². The summed E-state index contributed by atoms with van der Waals surface area (Å²) in [5.41, 5.74) is 2.49. The second-order valence-corrected chi connectivity index (χ2v) is 6.24. The topological polar surface area (TPSA) is 55.0 Å². The highest BCUT2D eigenvalue weighted by atomic mass is 32.2. The molecule has 22 heavy (non-hydrogen) atoms. The zero-order chi connectivity index (χ0) is 15.5. The Morgan fingerprint density at radius 2 is 2.00 bits per heavy atom. The highest BCUT2D eigenvalue weighted by Gasteiger charge is 2.18. The first kappa shape index (κ1) is 14.7. The van der Waals surface area contributed by atoms with Crippen molar-refractivity contribution in [1.29, 1.82) is 0 Å². The monoisotopic (exact) mass is 312 g/mol. The summed E-state index contributed by atoms with van der Waals surface area (Å²) in [6, 6.07) is 15.0. The van der Waals surface area contributed by atoms with Gasteiger partial charge in [-0.25, -0.2) is 4.98 Å². The number of aromatic nitrogens is 2. The van der Waals surface area contributed by atoms with Gasteiger partial charge in [-0.2, -0.15) is 0 Å². The lowest BCUT2D eigenvalue weighted by atomic mass is 10.1. The quantitative estimate of drug-likeness (QED) is 0.573. The number of rotatable bonds is 5. The first-order valence-corrected chi connectivity index (χ1v) is 7.85. The van der Waals surface area contributed by atoms with Crippen LogP contribution in [-0.2, 0) is 0 Å². The molecule has 1 atom stereocenters. The molecule has 0 radical (unpaired) electrons. The van der Waals surface area contributed by atoms with Crippen molar-refractivity contribution in [2.45, 2.75) is 17.3 Å². The van der Waals surface area contributed by atoms with Gasteiger partial charge in [0, 0.05) is 11.6 Å². The number of methoxy groups -OCH3 is 1. The molecule has 0 aliphatic rings. The molecule has 1 N–H and O–H groups in total. The van der Waals surface area contributed by atoms with Crippen LogP contribution in [0.4, 0.5) is 0 Å². The Hall–Kier alpha value is -2.27. The Labute approximate surface area is 132 Å². The van der Waals surface area contributed by atoms with Crippen molar-refractivity contribution in [3.8, 4) is 5.75 Å². The smallest absolute Gasteiger partial charge is 0.175 e. The van der Waals surface area contributed by atoms with Gasteiger partial charge < -0.3 is 9.72 Å². The number of hydrogen-bond donors (Lipinski definition) is 1. The van der Waals surface area contributed by atoms with Crippen LogP contribution in [0, 0.1) is 0 Å². The summed E-state index contributed by atoms with van der Waals surface area (Å²) in [4.78, 5) is 20.1. The van der Waals surface area contributed by atoms with Crippen molar-refractivity contribution in [2.75, 3.05) is 7.11 Å². The van der Waals surface area contributed by atoms with Crippen molar-refractivity contribution in [3.05, 3.63) is 54.1 Å². The molecule has 4 nitrogen and oxygen atoms in total. The molecule has 1 heterocycles. The second kappa shape index (κ2) is 6.23. The maximum absolute atomic E-state index is 12.4. The number of carbonyl (C=O) groups excluding carboxylic acids is 1. The van der Waals surface area contributed by atoms with Gasteiger partial charge >= 0.3 is 0 Å². The lowest BCUT2D eigenvalue weighted by Gasteiger charge is -2.07. The highest BCUT2D eigenvalue weighted by molar-refractivity contribution is 8.00. The van der Waals surface area contributed by atoms with Crippen molar-refractivity contribution >= 4 is 28.6 Å². The molecule has 1 aromatic heterocycles. The van der Waals surface area contributed by atoms with Crippen LogP contribution in [0.5, 0.6) is 5.75 Å². The standard InChI is InChI=1S/C17H16N2O2S/c1-11(16(20)12-6-4-3-5-7-12)22-17-18-14-9-8-13(21-2)10-15(14)19-17/h3-11H,1-2H3,(H,18,19)/t11-/m0/s1. The van der Waals surface area contributed by atoms with Crippen LogP contribution < -0.4 is 4.74 Å². The molecule has 0 saturated carbocycles. The summed E-state index contributed by atoms with van der Waals surface area (Å²) in [5, 5.41) is 0.532. The van der Waals surface area contributed by atoms with Crippen LogP contribution in [-0.4, -0.2) is 28.1 Å². The van der Waals surface area contributed by atoms with Gasteiger partial charge in [-0.15, -0.1) is 0 Å². The van der Waals surface area contributed by atoms with E-state index in [0.717, 1.165) is 27.5 Å². The number of imidazole rings is 1. The zero-order valence-corrected chi connectivity index (χ0v) is 13.2. The molecule has 3 aromatic rings. The van der Waals surface area contributed by atoms with Gasteiger partial charge in [0.15, 0.2) is 10.9 Å². The number of aromatic amines is 1. The van der Waals surface area contributed by atoms with Gasteiger partial charge in [0.1, 0.15) is 5.75 Å². The Morgan fingerprint density at radius 1 is 1.23 bits per heavy atom. The van der Waals surface area contributed by atoms with Gasteiger partial charge in [0.05, 0.1) is 23.4 Å². The third-order valence-electron chi connectivity index (χ3n) is 3.38. The minimum atomic E-state index is -0.204. The molecule has 0 fully saturated rings. The number of thioether (sulfide) groups is 1. The molecule has 5 heteroatoms. The zero-order valence-electron chi connectivity index (χ0n) is 12.4. The van der Waals surface area contributed by atoms with Gasteiger partial charge in [-0.3, -0.25) is 4.79 Å². The minimum absolute atomic E-state index is 0.101. The first-order chi connectivity index (χ1) is 10.7. The normalized spacial score (nSPS) is 12.3. The molecule has 0 aliphatic carbocycles. The summed E-state index contributed by atoms with van der Waals surface area (Å²) < 4.78 is 5.20. The molecule has 0 aliphatic heterocycles. The maximum Gasteiger partial charge on any atom is 0.175 e. The van der Waals surface area contributed by atoms with E-state index in [2.05, 4.69) is 9.97 Å². The molecule has 2 aromatic carbocycles. The number of benzene rings is 2. The van der Waals surface area contributed by atoms with E-state index in [1.54, 1.807) is 7.11 Å². The number of ketones is 1. The largest absolute Gasteiger partial charge is 0.497 e. The van der Waals surface area contributed by atoms with Gasteiger partial charge in [0.25, 0.3) is 0 Å². The molecular weight excluding hydrogens is 296 g/mol. The van der Waals surface area contributed by atoms with Crippen LogP contribution in [0.1, 0.15) is 17.3 Å². The number of nitrogens with one attached hydrogen (secondary N) is 1. The Morgan fingerprint density at radius 3 is 2.73 bits per heavy atom. The number of H-pyrrole nitrogens is 1. The third kappa shape index (κ3) is 2.99. The summed E-state index contributed by atoms with van der Waals surface area (Å²) in [7, 11) is 1.63.